The lowest BCUT2D eigenvalue weighted by Gasteiger charge is -2.17. The van der Waals surface area contributed by atoms with Crippen LogP contribution in [-0.4, -0.2) is 11.7 Å². The molecule has 0 saturated heterocycles. The molecule has 0 heterocycles. The molecule has 3 nitrogen and oxygen atoms in total. The van der Waals surface area contributed by atoms with E-state index in [1.807, 2.05) is 30.3 Å². The molecular weight excluding hydrogens is 190 g/mol. The summed E-state index contributed by atoms with van der Waals surface area (Å²) in [5, 5.41) is 0. The van der Waals surface area contributed by atoms with Gasteiger partial charge in [0.25, 0.3) is 0 Å². The van der Waals surface area contributed by atoms with Gasteiger partial charge in [-0.1, -0.05) is 30.3 Å². The standard InChI is InChI=1S/C12H15NO2/c1-12(2,13)15-11(14)9-8-10-6-4-3-5-7-10/h3-9H,13H2,1-2H3. The molecule has 2 N–H and O–H groups in total. The van der Waals surface area contributed by atoms with Gasteiger partial charge < -0.3 is 4.74 Å². The van der Waals surface area contributed by atoms with Crippen molar-refractivity contribution in [2.24, 2.45) is 5.73 Å². The molecule has 0 aliphatic rings. The van der Waals surface area contributed by atoms with Crippen LogP contribution in [0.1, 0.15) is 19.4 Å². The second-order valence-electron chi connectivity index (χ2n) is 3.77. The summed E-state index contributed by atoms with van der Waals surface area (Å²) in [6.07, 6.45) is 3.05. The molecule has 0 aromatic heterocycles. The maximum Gasteiger partial charge on any atom is 0.332 e. The average molecular weight is 205 g/mol. The number of hydrogen-bond donors (Lipinski definition) is 1. The predicted octanol–water partition coefficient (Wildman–Crippen LogP) is 1.94. The zero-order valence-corrected chi connectivity index (χ0v) is 8.94. The third-order valence-electron chi connectivity index (χ3n) is 1.58. The first-order chi connectivity index (χ1) is 6.97. The van der Waals surface area contributed by atoms with Crippen molar-refractivity contribution >= 4 is 12.0 Å². The van der Waals surface area contributed by atoms with Crippen molar-refractivity contribution in [3.05, 3.63) is 42.0 Å². The fourth-order valence-corrected chi connectivity index (χ4v) is 1.02. The lowest BCUT2D eigenvalue weighted by atomic mass is 10.2. The molecule has 1 rings (SSSR count). The van der Waals surface area contributed by atoms with Crippen molar-refractivity contribution in [2.45, 2.75) is 19.6 Å². The Kier molecular flexibility index (Phi) is 3.63. The van der Waals surface area contributed by atoms with E-state index in [0.29, 0.717) is 0 Å². The Hall–Kier alpha value is -1.61. The van der Waals surface area contributed by atoms with Crippen LogP contribution < -0.4 is 5.73 Å². The third-order valence-corrected chi connectivity index (χ3v) is 1.58. The highest BCUT2D eigenvalue weighted by Crippen LogP contribution is 2.04. The third kappa shape index (κ3) is 4.98. The maximum absolute atomic E-state index is 11.2. The van der Waals surface area contributed by atoms with Crippen molar-refractivity contribution in [1.82, 2.24) is 0 Å². The van der Waals surface area contributed by atoms with Crippen LogP contribution in [-0.2, 0) is 9.53 Å². The van der Waals surface area contributed by atoms with Crippen LogP contribution in [0.3, 0.4) is 0 Å². The quantitative estimate of drug-likeness (QED) is 0.466. The van der Waals surface area contributed by atoms with E-state index in [4.69, 9.17) is 10.5 Å². The summed E-state index contributed by atoms with van der Waals surface area (Å²) in [5.74, 6) is -0.439. The molecule has 0 bridgehead atoms. The molecule has 0 aliphatic heterocycles. The Morgan fingerprint density at radius 1 is 1.33 bits per heavy atom. The Morgan fingerprint density at radius 2 is 1.93 bits per heavy atom. The molecule has 0 spiro atoms. The van der Waals surface area contributed by atoms with Crippen LogP contribution in [0.2, 0.25) is 0 Å². The largest absolute Gasteiger partial charge is 0.442 e. The molecule has 1 aromatic rings. The summed E-state index contributed by atoms with van der Waals surface area (Å²) in [7, 11) is 0. The van der Waals surface area contributed by atoms with E-state index in [1.54, 1.807) is 19.9 Å². The first-order valence-corrected chi connectivity index (χ1v) is 4.72. The lowest BCUT2D eigenvalue weighted by Crippen LogP contribution is -2.37. The fourth-order valence-electron chi connectivity index (χ4n) is 1.02. The summed E-state index contributed by atoms with van der Waals surface area (Å²) in [5.41, 5.74) is 5.54. The Balaban J connectivity index is 2.56. The van der Waals surface area contributed by atoms with E-state index in [1.165, 1.54) is 6.08 Å². The van der Waals surface area contributed by atoms with Gasteiger partial charge in [-0.25, -0.2) is 4.79 Å². The van der Waals surface area contributed by atoms with Crippen molar-refractivity contribution in [3.8, 4) is 0 Å². The summed E-state index contributed by atoms with van der Waals surface area (Å²) in [6, 6.07) is 9.52. The molecule has 0 saturated carbocycles. The van der Waals surface area contributed by atoms with Gasteiger partial charge in [0.2, 0.25) is 0 Å². The topological polar surface area (TPSA) is 52.3 Å². The van der Waals surface area contributed by atoms with Gasteiger partial charge in [-0.2, -0.15) is 0 Å². The summed E-state index contributed by atoms with van der Waals surface area (Å²) < 4.78 is 4.91. The van der Waals surface area contributed by atoms with Crippen molar-refractivity contribution < 1.29 is 9.53 Å². The van der Waals surface area contributed by atoms with Gasteiger partial charge in [-0.05, 0) is 25.5 Å². The molecule has 0 fully saturated rings. The molecule has 0 radical (unpaired) electrons. The molecule has 0 unspecified atom stereocenters. The normalized spacial score (nSPS) is 11.7. The van der Waals surface area contributed by atoms with Gasteiger partial charge >= 0.3 is 5.97 Å². The number of esters is 1. The van der Waals surface area contributed by atoms with E-state index in [2.05, 4.69) is 0 Å². The summed E-state index contributed by atoms with van der Waals surface area (Å²) >= 11 is 0. The van der Waals surface area contributed by atoms with Gasteiger partial charge in [0, 0.05) is 6.08 Å². The SMILES string of the molecule is CC(C)(N)OC(=O)C=Cc1ccccc1. The van der Waals surface area contributed by atoms with Crippen LogP contribution in [0.5, 0.6) is 0 Å². The summed E-state index contributed by atoms with van der Waals surface area (Å²) in [4.78, 5) is 11.2. The van der Waals surface area contributed by atoms with E-state index < -0.39 is 11.7 Å². The minimum atomic E-state index is -0.932. The Morgan fingerprint density at radius 3 is 2.47 bits per heavy atom. The van der Waals surface area contributed by atoms with Gasteiger partial charge in [0.15, 0.2) is 5.72 Å². The summed E-state index contributed by atoms with van der Waals surface area (Å²) in [6.45, 7) is 3.25. The van der Waals surface area contributed by atoms with Crippen molar-refractivity contribution in [3.63, 3.8) is 0 Å². The van der Waals surface area contributed by atoms with E-state index in [9.17, 15) is 4.79 Å². The Labute approximate surface area is 89.5 Å². The predicted molar refractivity (Wildman–Crippen MR) is 59.8 cm³/mol. The number of carbonyl (C=O) groups is 1. The molecule has 1 aromatic carbocycles. The van der Waals surface area contributed by atoms with Crippen LogP contribution in [0.25, 0.3) is 6.08 Å². The van der Waals surface area contributed by atoms with Gasteiger partial charge in [-0.3, -0.25) is 5.73 Å². The monoisotopic (exact) mass is 205 g/mol. The average Bonchev–Trinajstić information content (AvgIpc) is 2.14. The highest BCUT2D eigenvalue weighted by Gasteiger charge is 2.14. The smallest absolute Gasteiger partial charge is 0.332 e. The first kappa shape index (κ1) is 11.5. The van der Waals surface area contributed by atoms with Gasteiger partial charge in [-0.15, -0.1) is 0 Å². The maximum atomic E-state index is 11.2. The first-order valence-electron chi connectivity index (χ1n) is 4.72. The number of carbonyl (C=O) groups excluding carboxylic acids is 1. The number of nitrogens with two attached hydrogens (primary N) is 1. The molecule has 3 heteroatoms. The highest BCUT2D eigenvalue weighted by atomic mass is 16.6. The molecule has 0 aliphatic carbocycles. The minimum absolute atomic E-state index is 0.439. The second-order valence-corrected chi connectivity index (χ2v) is 3.77. The zero-order valence-electron chi connectivity index (χ0n) is 8.94. The van der Waals surface area contributed by atoms with Crippen LogP contribution >= 0.6 is 0 Å². The molecule has 15 heavy (non-hydrogen) atoms. The molecule has 0 amide bonds. The lowest BCUT2D eigenvalue weighted by molar-refractivity contribution is -0.149. The van der Waals surface area contributed by atoms with Gasteiger partial charge in [0.05, 0.1) is 0 Å². The van der Waals surface area contributed by atoms with E-state index in [-0.39, 0.29) is 0 Å². The molecule has 80 valence electrons. The number of benzene rings is 1. The van der Waals surface area contributed by atoms with Crippen molar-refractivity contribution in [2.75, 3.05) is 0 Å². The number of hydrogen-bond acceptors (Lipinski definition) is 3. The van der Waals surface area contributed by atoms with Crippen LogP contribution in [0, 0.1) is 0 Å². The van der Waals surface area contributed by atoms with Gasteiger partial charge in [0.1, 0.15) is 0 Å². The van der Waals surface area contributed by atoms with E-state index in [0.717, 1.165) is 5.56 Å². The second kappa shape index (κ2) is 4.75. The Bertz CT molecular complexity index is 350. The van der Waals surface area contributed by atoms with E-state index >= 15 is 0 Å². The number of ether oxygens (including phenoxy) is 1. The highest BCUT2D eigenvalue weighted by molar-refractivity contribution is 5.87. The minimum Gasteiger partial charge on any atom is -0.442 e. The van der Waals surface area contributed by atoms with Crippen LogP contribution in [0.4, 0.5) is 0 Å². The molecule has 0 atom stereocenters. The fraction of sp³-hybridized carbons (Fsp3) is 0.250. The van der Waals surface area contributed by atoms with Crippen LogP contribution in [0.15, 0.2) is 36.4 Å². The van der Waals surface area contributed by atoms with Crippen molar-refractivity contribution in [1.29, 1.82) is 0 Å². The number of rotatable bonds is 3. The molecular formula is C12H15NO2. The zero-order chi connectivity index (χ0) is 11.3.